The minimum absolute atomic E-state index is 0.201. The van der Waals surface area contributed by atoms with Crippen LogP contribution in [0.5, 0.6) is 0 Å². The Morgan fingerprint density at radius 1 is 1.16 bits per heavy atom. The van der Waals surface area contributed by atoms with Crippen LogP contribution in [0.15, 0.2) is 58.4 Å². The van der Waals surface area contributed by atoms with Gasteiger partial charge in [0, 0.05) is 24.0 Å². The summed E-state index contributed by atoms with van der Waals surface area (Å²) in [5.74, 6) is 2.06. The van der Waals surface area contributed by atoms with Crippen LogP contribution in [0.3, 0.4) is 0 Å². The van der Waals surface area contributed by atoms with Crippen molar-refractivity contribution in [3.05, 3.63) is 58.4 Å². The molecule has 0 radical (unpaired) electrons. The third-order valence-corrected chi connectivity index (χ3v) is 8.52. The number of thiazole rings is 1. The number of nitrogens with zero attached hydrogens (tertiary/aromatic N) is 3. The largest absolute Gasteiger partial charge is 0.305 e. The van der Waals surface area contributed by atoms with Crippen LogP contribution in [0, 0.1) is 18.3 Å². The molecule has 31 heavy (non-hydrogen) atoms. The Balaban J connectivity index is 1.51. The third kappa shape index (κ3) is 4.46. The zero-order valence-corrected chi connectivity index (χ0v) is 19.0. The van der Waals surface area contributed by atoms with Gasteiger partial charge in [-0.2, -0.15) is 9.30 Å². The first kappa shape index (κ1) is 21.8. The molecule has 0 bridgehead atoms. The Bertz CT molecular complexity index is 1330. The van der Waals surface area contributed by atoms with Gasteiger partial charge < -0.3 is 4.57 Å². The molecule has 1 fully saturated rings. The fraction of sp³-hybridized carbons (Fsp3) is 0.273. The van der Waals surface area contributed by atoms with Crippen molar-refractivity contribution >= 4 is 49.1 Å². The van der Waals surface area contributed by atoms with E-state index >= 15 is 0 Å². The first-order valence-electron chi connectivity index (χ1n) is 9.76. The number of piperidine rings is 1. The average Bonchev–Trinajstić information content (AvgIpc) is 3.11. The SMILES string of the molecule is C#CCn1c(=NC(=O)C2CCN(S(=O)(=O)c3ccc(Cl)cc3)CC2)sc2ccccc21. The van der Waals surface area contributed by atoms with Crippen LogP contribution in [-0.4, -0.2) is 36.3 Å². The van der Waals surface area contributed by atoms with E-state index in [-0.39, 0.29) is 29.8 Å². The molecule has 0 N–H and O–H groups in total. The number of terminal acetylenes is 1. The lowest BCUT2D eigenvalue weighted by atomic mass is 9.98. The van der Waals surface area contributed by atoms with Crippen LogP contribution in [0.2, 0.25) is 5.02 Å². The molecule has 1 amide bonds. The number of sulfonamides is 1. The molecule has 0 unspecified atom stereocenters. The molecule has 4 rings (SSSR count). The minimum Gasteiger partial charge on any atom is -0.305 e. The molecule has 1 aliphatic heterocycles. The summed E-state index contributed by atoms with van der Waals surface area (Å²) in [6.45, 7) is 0.870. The second-order valence-electron chi connectivity index (χ2n) is 7.22. The number of hydrogen-bond acceptors (Lipinski definition) is 4. The van der Waals surface area contributed by atoms with Crippen LogP contribution in [-0.2, 0) is 21.4 Å². The maximum absolute atomic E-state index is 12.9. The van der Waals surface area contributed by atoms with Crippen molar-refractivity contribution in [2.24, 2.45) is 10.9 Å². The van der Waals surface area contributed by atoms with Crippen LogP contribution in [0.25, 0.3) is 10.2 Å². The number of rotatable bonds is 4. The quantitative estimate of drug-likeness (QED) is 0.544. The van der Waals surface area contributed by atoms with E-state index in [1.807, 2.05) is 28.8 Å². The van der Waals surface area contributed by atoms with E-state index in [9.17, 15) is 13.2 Å². The smallest absolute Gasteiger partial charge is 0.251 e. The van der Waals surface area contributed by atoms with Gasteiger partial charge in [0.1, 0.15) is 0 Å². The van der Waals surface area contributed by atoms with E-state index in [0.717, 1.165) is 10.2 Å². The highest BCUT2D eigenvalue weighted by Gasteiger charge is 2.32. The molecule has 160 valence electrons. The van der Waals surface area contributed by atoms with Crippen molar-refractivity contribution in [3.63, 3.8) is 0 Å². The number of hydrogen-bond donors (Lipinski definition) is 0. The molecular weight excluding hydrogens is 454 g/mol. The number of para-hydroxylation sites is 1. The van der Waals surface area contributed by atoms with Crippen LogP contribution in [0.4, 0.5) is 0 Å². The summed E-state index contributed by atoms with van der Waals surface area (Å²) in [5, 5.41) is 0.480. The molecule has 2 aromatic carbocycles. The molecule has 0 aliphatic carbocycles. The topological polar surface area (TPSA) is 71.7 Å². The van der Waals surface area contributed by atoms with Crippen molar-refractivity contribution in [2.75, 3.05) is 13.1 Å². The fourth-order valence-corrected chi connectivity index (χ4v) is 6.27. The standard InChI is InChI=1S/C22H20ClN3O3S2/c1-2-13-26-19-5-3-4-6-20(19)30-22(26)24-21(27)16-11-14-25(15-12-16)31(28,29)18-9-7-17(23)8-10-18/h1,3-10,16H,11-15H2. The number of carbonyl (C=O) groups excluding carboxylic acids is 1. The highest BCUT2D eigenvalue weighted by Crippen LogP contribution is 2.25. The lowest BCUT2D eigenvalue weighted by Crippen LogP contribution is -2.40. The predicted molar refractivity (Wildman–Crippen MR) is 122 cm³/mol. The molecule has 0 spiro atoms. The number of amides is 1. The molecule has 9 heteroatoms. The van der Waals surface area contributed by atoms with E-state index in [2.05, 4.69) is 10.9 Å². The number of carbonyl (C=O) groups is 1. The van der Waals surface area contributed by atoms with E-state index < -0.39 is 10.0 Å². The van der Waals surface area contributed by atoms with Crippen molar-refractivity contribution < 1.29 is 13.2 Å². The predicted octanol–water partition coefficient (Wildman–Crippen LogP) is 3.52. The highest BCUT2D eigenvalue weighted by molar-refractivity contribution is 7.89. The second-order valence-corrected chi connectivity index (χ2v) is 10.6. The van der Waals surface area contributed by atoms with Gasteiger partial charge in [-0.15, -0.1) is 6.42 Å². The fourth-order valence-electron chi connectivity index (χ4n) is 3.63. The second kappa shape index (κ2) is 8.97. The maximum Gasteiger partial charge on any atom is 0.251 e. The van der Waals surface area contributed by atoms with Gasteiger partial charge >= 0.3 is 0 Å². The maximum atomic E-state index is 12.9. The first-order chi connectivity index (χ1) is 14.9. The number of halogens is 1. The van der Waals surface area contributed by atoms with Crippen molar-refractivity contribution in [3.8, 4) is 12.3 Å². The molecular formula is C22H20ClN3O3S2. The summed E-state index contributed by atoms with van der Waals surface area (Å²) < 4.78 is 30.0. The van der Waals surface area contributed by atoms with Gasteiger partial charge in [-0.25, -0.2) is 8.42 Å². The zero-order chi connectivity index (χ0) is 22.0. The average molecular weight is 474 g/mol. The van der Waals surface area contributed by atoms with Gasteiger partial charge in [0.15, 0.2) is 4.80 Å². The Morgan fingerprint density at radius 2 is 1.84 bits per heavy atom. The van der Waals surface area contributed by atoms with Crippen molar-refractivity contribution in [2.45, 2.75) is 24.3 Å². The first-order valence-corrected chi connectivity index (χ1v) is 12.4. The van der Waals surface area contributed by atoms with E-state index in [4.69, 9.17) is 18.0 Å². The van der Waals surface area contributed by atoms with Gasteiger partial charge in [0.05, 0.1) is 21.7 Å². The molecule has 1 aliphatic rings. The summed E-state index contributed by atoms with van der Waals surface area (Å²) in [4.78, 5) is 18.0. The number of aromatic nitrogens is 1. The van der Waals surface area contributed by atoms with Crippen LogP contribution >= 0.6 is 22.9 Å². The van der Waals surface area contributed by atoms with Gasteiger partial charge in [0.25, 0.3) is 5.91 Å². The summed E-state index contributed by atoms with van der Waals surface area (Å²) in [6, 6.07) is 13.9. The molecule has 1 aromatic heterocycles. The van der Waals surface area contributed by atoms with E-state index in [1.165, 1.54) is 27.8 Å². The lowest BCUT2D eigenvalue weighted by molar-refractivity contribution is -0.122. The molecule has 3 aromatic rings. The molecule has 1 saturated heterocycles. The normalized spacial score (nSPS) is 16.5. The molecule has 6 nitrogen and oxygen atoms in total. The van der Waals surface area contributed by atoms with Gasteiger partial charge in [-0.3, -0.25) is 4.79 Å². The van der Waals surface area contributed by atoms with E-state index in [1.54, 1.807) is 12.1 Å². The monoisotopic (exact) mass is 473 g/mol. The summed E-state index contributed by atoms with van der Waals surface area (Å²) in [7, 11) is -3.61. The summed E-state index contributed by atoms with van der Waals surface area (Å²) >= 11 is 7.28. The Labute approximate surface area is 189 Å². The molecule has 2 heterocycles. The van der Waals surface area contributed by atoms with Gasteiger partial charge in [0.2, 0.25) is 10.0 Å². The van der Waals surface area contributed by atoms with Crippen LogP contribution < -0.4 is 4.80 Å². The molecule has 0 saturated carbocycles. The summed E-state index contributed by atoms with van der Waals surface area (Å²) in [5.41, 5.74) is 0.945. The number of benzene rings is 2. The van der Waals surface area contributed by atoms with Crippen molar-refractivity contribution in [1.82, 2.24) is 8.87 Å². The lowest BCUT2D eigenvalue weighted by Gasteiger charge is -2.29. The Morgan fingerprint density at radius 3 is 2.52 bits per heavy atom. The molecule has 0 atom stereocenters. The minimum atomic E-state index is -3.61. The van der Waals surface area contributed by atoms with Gasteiger partial charge in [-0.1, -0.05) is 41.0 Å². The van der Waals surface area contributed by atoms with Crippen molar-refractivity contribution in [1.29, 1.82) is 0 Å². The Kier molecular flexibility index (Phi) is 6.30. The number of fused-ring (bicyclic) bond motifs is 1. The highest BCUT2D eigenvalue weighted by atomic mass is 35.5. The zero-order valence-electron chi connectivity index (χ0n) is 16.6. The third-order valence-electron chi connectivity index (χ3n) is 5.30. The van der Waals surface area contributed by atoms with Gasteiger partial charge in [-0.05, 0) is 49.2 Å². The Hall–Kier alpha value is -2.44. The van der Waals surface area contributed by atoms with Crippen LogP contribution in [0.1, 0.15) is 12.8 Å². The van der Waals surface area contributed by atoms with E-state index in [0.29, 0.717) is 29.2 Å². The summed E-state index contributed by atoms with van der Waals surface area (Å²) in [6.07, 6.45) is 6.35.